The van der Waals surface area contributed by atoms with Crippen LogP contribution in [0.25, 0.3) is 27.8 Å². The highest BCUT2D eigenvalue weighted by molar-refractivity contribution is 5.88. The van der Waals surface area contributed by atoms with Crippen LogP contribution in [0, 0.1) is 0 Å². The summed E-state index contributed by atoms with van der Waals surface area (Å²) >= 11 is 0. The SMILES string of the molecule is Nc1ccccc1/C(=C\CN1c2ccccc2C2C=CC(C3(c4ccccc4)c4ccccc4-c4ccccc43)=CC21)c1ccc(-c2ccccc2)cc1. The highest BCUT2D eigenvalue weighted by atomic mass is 15.2. The number of nitrogens with two attached hydrogens (primary N) is 1. The second-order valence-electron chi connectivity index (χ2n) is 14.6. The van der Waals surface area contributed by atoms with Crippen LogP contribution in [0.3, 0.4) is 0 Å². The van der Waals surface area contributed by atoms with Gasteiger partial charge in [-0.25, -0.2) is 0 Å². The molecule has 2 N–H and O–H groups in total. The van der Waals surface area contributed by atoms with Crippen molar-refractivity contribution in [3.63, 3.8) is 0 Å². The van der Waals surface area contributed by atoms with Crippen molar-refractivity contribution in [2.24, 2.45) is 0 Å². The van der Waals surface area contributed by atoms with Gasteiger partial charge in [0.15, 0.2) is 0 Å². The molecule has 0 saturated heterocycles. The average Bonchev–Trinajstić information content (AvgIpc) is 3.72. The number of benzene rings is 7. The summed E-state index contributed by atoms with van der Waals surface area (Å²) in [6.45, 7) is 0.728. The van der Waals surface area contributed by atoms with Gasteiger partial charge in [0.1, 0.15) is 0 Å². The van der Waals surface area contributed by atoms with Crippen LogP contribution in [0.5, 0.6) is 0 Å². The molecule has 2 atom stereocenters. The third-order valence-electron chi connectivity index (χ3n) is 11.8. The first kappa shape index (κ1) is 32.0. The summed E-state index contributed by atoms with van der Waals surface area (Å²) in [6, 6.07) is 65.9. The van der Waals surface area contributed by atoms with E-state index in [-0.39, 0.29) is 12.0 Å². The Morgan fingerprint density at radius 1 is 0.593 bits per heavy atom. The standard InChI is InChI=1S/C52H40N2/c53-49-25-13-9-21-44(49)41(38-29-27-37(28-30-38)36-15-3-1-4-16-36)33-34-54-50-26-14-10-22-45(50)46-32-31-40(35-51(46)54)52(39-17-5-2-6-18-39)47-23-11-7-19-42(47)43-20-8-12-24-48(43)52/h1-33,35,46,51H,34,53H2/b41-33-. The van der Waals surface area contributed by atoms with Crippen LogP contribution in [0.2, 0.25) is 0 Å². The molecule has 0 bridgehead atoms. The fourth-order valence-corrected chi connectivity index (χ4v) is 9.40. The van der Waals surface area contributed by atoms with Gasteiger partial charge in [-0.3, -0.25) is 0 Å². The van der Waals surface area contributed by atoms with Crippen molar-refractivity contribution in [2.45, 2.75) is 17.4 Å². The summed E-state index contributed by atoms with van der Waals surface area (Å²) in [5.41, 5.74) is 23.4. The minimum Gasteiger partial charge on any atom is -0.398 e. The molecule has 3 aliphatic rings. The number of nitrogen functional groups attached to an aromatic ring is 1. The minimum atomic E-state index is -0.434. The maximum absolute atomic E-state index is 6.71. The Morgan fingerprint density at radius 2 is 1.19 bits per heavy atom. The Hall–Kier alpha value is -6.64. The third kappa shape index (κ3) is 5.02. The van der Waals surface area contributed by atoms with Crippen LogP contribution in [0.15, 0.2) is 212 Å². The number of hydrogen-bond acceptors (Lipinski definition) is 2. The fraction of sp³-hybridized carbons (Fsp3) is 0.0769. The van der Waals surface area contributed by atoms with Gasteiger partial charge in [0, 0.05) is 29.4 Å². The predicted molar refractivity (Wildman–Crippen MR) is 226 cm³/mol. The van der Waals surface area contributed by atoms with Gasteiger partial charge in [0.05, 0.1) is 11.5 Å². The van der Waals surface area contributed by atoms with E-state index in [4.69, 9.17) is 5.73 Å². The molecule has 0 spiro atoms. The molecule has 0 amide bonds. The molecule has 2 aliphatic carbocycles. The van der Waals surface area contributed by atoms with E-state index in [0.29, 0.717) is 0 Å². The molecule has 2 nitrogen and oxygen atoms in total. The van der Waals surface area contributed by atoms with E-state index in [2.05, 4.69) is 199 Å². The van der Waals surface area contributed by atoms with E-state index >= 15 is 0 Å². The molecule has 0 fully saturated rings. The summed E-state index contributed by atoms with van der Waals surface area (Å²) in [7, 11) is 0. The van der Waals surface area contributed by atoms with Crippen molar-refractivity contribution in [3.8, 4) is 22.3 Å². The summed E-state index contributed by atoms with van der Waals surface area (Å²) in [5.74, 6) is 0.244. The zero-order valence-electron chi connectivity index (χ0n) is 30.0. The molecule has 0 saturated carbocycles. The lowest BCUT2D eigenvalue weighted by atomic mass is 9.65. The Kier molecular flexibility index (Phi) is 7.77. The molecule has 7 aromatic carbocycles. The Labute approximate surface area is 317 Å². The molecule has 0 aromatic heterocycles. The van der Waals surface area contributed by atoms with Crippen molar-refractivity contribution in [3.05, 3.63) is 245 Å². The highest BCUT2D eigenvalue weighted by Gasteiger charge is 2.48. The van der Waals surface area contributed by atoms with Crippen molar-refractivity contribution in [1.82, 2.24) is 0 Å². The number of hydrogen-bond donors (Lipinski definition) is 1. The third-order valence-corrected chi connectivity index (χ3v) is 11.8. The Bertz CT molecular complexity index is 2550. The number of anilines is 2. The van der Waals surface area contributed by atoms with Crippen LogP contribution >= 0.6 is 0 Å². The predicted octanol–water partition coefficient (Wildman–Crippen LogP) is 11.9. The molecule has 1 heterocycles. The molecule has 10 rings (SSSR count). The number of fused-ring (bicyclic) bond motifs is 6. The van der Waals surface area contributed by atoms with Gasteiger partial charge in [-0.1, -0.05) is 194 Å². The number of allylic oxidation sites excluding steroid dienone is 2. The fourth-order valence-electron chi connectivity index (χ4n) is 9.40. The molecule has 7 aromatic rings. The van der Waals surface area contributed by atoms with Gasteiger partial charge in [-0.15, -0.1) is 0 Å². The normalized spacial score (nSPS) is 17.7. The first-order valence-electron chi connectivity index (χ1n) is 18.9. The van der Waals surface area contributed by atoms with Crippen molar-refractivity contribution in [1.29, 1.82) is 0 Å². The first-order chi connectivity index (χ1) is 26.7. The number of para-hydroxylation sites is 2. The van der Waals surface area contributed by atoms with E-state index in [0.717, 1.165) is 28.9 Å². The second kappa shape index (κ2) is 13.1. The minimum absolute atomic E-state index is 0.133. The van der Waals surface area contributed by atoms with Gasteiger partial charge < -0.3 is 10.6 Å². The largest absolute Gasteiger partial charge is 0.398 e. The lowest BCUT2D eigenvalue weighted by Gasteiger charge is -2.38. The summed E-state index contributed by atoms with van der Waals surface area (Å²) in [6.07, 6.45) is 9.86. The zero-order chi connectivity index (χ0) is 36.1. The highest BCUT2D eigenvalue weighted by Crippen LogP contribution is 2.58. The summed E-state index contributed by atoms with van der Waals surface area (Å²) in [4.78, 5) is 2.60. The van der Waals surface area contributed by atoms with E-state index < -0.39 is 5.41 Å². The lowest BCUT2D eigenvalue weighted by Crippen LogP contribution is -2.37. The van der Waals surface area contributed by atoms with Crippen LogP contribution < -0.4 is 10.6 Å². The van der Waals surface area contributed by atoms with Gasteiger partial charge in [0.2, 0.25) is 0 Å². The molecule has 258 valence electrons. The quantitative estimate of drug-likeness (QED) is 0.169. The van der Waals surface area contributed by atoms with Crippen molar-refractivity contribution >= 4 is 16.9 Å². The molecule has 2 heteroatoms. The van der Waals surface area contributed by atoms with Crippen LogP contribution in [0.1, 0.15) is 39.3 Å². The average molecular weight is 693 g/mol. The molecular formula is C52H40N2. The monoisotopic (exact) mass is 692 g/mol. The van der Waals surface area contributed by atoms with Crippen LogP contribution in [-0.4, -0.2) is 12.6 Å². The first-order valence-corrected chi connectivity index (χ1v) is 18.9. The summed E-state index contributed by atoms with van der Waals surface area (Å²) in [5, 5.41) is 0. The van der Waals surface area contributed by atoms with Crippen LogP contribution in [-0.2, 0) is 5.41 Å². The smallest absolute Gasteiger partial charge is 0.0711 e. The van der Waals surface area contributed by atoms with E-state index in [1.54, 1.807) is 0 Å². The van der Waals surface area contributed by atoms with Gasteiger partial charge >= 0.3 is 0 Å². The number of nitrogens with zero attached hydrogens (tertiary/aromatic N) is 1. The molecular weight excluding hydrogens is 653 g/mol. The van der Waals surface area contributed by atoms with E-state index in [1.807, 2.05) is 12.1 Å². The summed E-state index contributed by atoms with van der Waals surface area (Å²) < 4.78 is 0. The second-order valence-corrected chi connectivity index (χ2v) is 14.6. The molecule has 2 unspecified atom stereocenters. The number of rotatable bonds is 7. The maximum atomic E-state index is 6.71. The van der Waals surface area contributed by atoms with Crippen LogP contribution in [0.4, 0.5) is 11.4 Å². The van der Waals surface area contributed by atoms with Crippen molar-refractivity contribution < 1.29 is 0 Å². The Balaban J connectivity index is 1.11. The molecule has 0 radical (unpaired) electrons. The zero-order valence-corrected chi connectivity index (χ0v) is 30.0. The van der Waals surface area contributed by atoms with Crippen molar-refractivity contribution in [2.75, 3.05) is 17.2 Å². The van der Waals surface area contributed by atoms with Gasteiger partial charge in [-0.05, 0) is 73.4 Å². The van der Waals surface area contributed by atoms with Gasteiger partial charge in [0.25, 0.3) is 0 Å². The molecule has 1 aliphatic heterocycles. The molecule has 54 heavy (non-hydrogen) atoms. The van der Waals surface area contributed by atoms with E-state index in [1.165, 1.54) is 55.8 Å². The lowest BCUT2D eigenvalue weighted by molar-refractivity contribution is 0.668. The van der Waals surface area contributed by atoms with Gasteiger partial charge in [-0.2, -0.15) is 0 Å². The van der Waals surface area contributed by atoms with E-state index in [9.17, 15) is 0 Å². The topological polar surface area (TPSA) is 29.3 Å². The Morgan fingerprint density at radius 3 is 1.91 bits per heavy atom. The maximum Gasteiger partial charge on any atom is 0.0711 e.